The molecule has 126 valence electrons. The lowest BCUT2D eigenvalue weighted by Crippen LogP contribution is -2.33. The molecule has 0 bridgehead atoms. The summed E-state index contributed by atoms with van der Waals surface area (Å²) in [4.78, 5) is 5.11. The van der Waals surface area contributed by atoms with Crippen molar-refractivity contribution in [2.75, 3.05) is 0 Å². The highest BCUT2D eigenvalue weighted by Gasteiger charge is 2.30. The number of aromatic nitrogens is 2. The monoisotopic (exact) mass is 329 g/mol. The third-order valence-corrected chi connectivity index (χ3v) is 5.11. The predicted octanol–water partition coefficient (Wildman–Crippen LogP) is 4.65. The summed E-state index contributed by atoms with van der Waals surface area (Å²) in [7, 11) is 2.10. The maximum absolute atomic E-state index is 5.11. The number of nitrogens with zero attached hydrogens (tertiary/aromatic N) is 2. The fourth-order valence-electron chi connectivity index (χ4n) is 3.94. The molecule has 3 aromatic rings. The van der Waals surface area contributed by atoms with Gasteiger partial charge in [-0.2, -0.15) is 0 Å². The Hall–Kier alpha value is -2.48. The molecule has 0 N–H and O–H groups in total. The Kier molecular flexibility index (Phi) is 3.91. The summed E-state index contributed by atoms with van der Waals surface area (Å²) >= 11 is 0. The minimum absolute atomic E-state index is 0.668. The quantitative estimate of drug-likeness (QED) is 0.500. The van der Waals surface area contributed by atoms with Crippen molar-refractivity contribution >= 4 is 0 Å². The summed E-state index contributed by atoms with van der Waals surface area (Å²) < 4.78 is 2.18. The van der Waals surface area contributed by atoms with Crippen molar-refractivity contribution in [3.05, 3.63) is 70.9 Å². The van der Waals surface area contributed by atoms with Crippen molar-refractivity contribution in [2.24, 2.45) is 13.0 Å². The van der Waals surface area contributed by atoms with Gasteiger partial charge in [0.25, 0.3) is 0 Å². The molecule has 0 radical (unpaired) electrons. The molecule has 2 nitrogen and oxygen atoms in total. The maximum atomic E-state index is 5.11. The number of hydrogen-bond donors (Lipinski definition) is 0. The number of benzene rings is 2. The fraction of sp³-hybridized carbons (Fsp3) is 0.304. The van der Waals surface area contributed by atoms with Gasteiger partial charge in [0.15, 0.2) is 5.69 Å². The highest BCUT2D eigenvalue weighted by atomic mass is 15.0. The Labute approximate surface area is 150 Å². The molecule has 0 spiro atoms. The van der Waals surface area contributed by atoms with Crippen LogP contribution in [0.25, 0.3) is 22.6 Å². The second kappa shape index (κ2) is 6.11. The van der Waals surface area contributed by atoms with Crippen LogP contribution in [0.1, 0.15) is 36.1 Å². The molecule has 0 saturated carbocycles. The number of hydrogen-bond acceptors (Lipinski definition) is 1. The van der Waals surface area contributed by atoms with Crippen molar-refractivity contribution in [3.8, 4) is 22.6 Å². The molecule has 0 saturated heterocycles. The highest BCUT2D eigenvalue weighted by molar-refractivity contribution is 5.75. The predicted molar refractivity (Wildman–Crippen MR) is 102 cm³/mol. The molecule has 2 aromatic carbocycles. The normalized spacial score (nSPS) is 12.4. The van der Waals surface area contributed by atoms with Crippen molar-refractivity contribution in [3.63, 3.8) is 0 Å². The third-order valence-electron chi connectivity index (χ3n) is 5.11. The molecule has 2 heteroatoms. The van der Waals surface area contributed by atoms with Crippen molar-refractivity contribution in [1.82, 2.24) is 4.98 Å². The molecule has 0 amide bonds. The molecule has 0 atom stereocenters. The SMILES string of the molecule is Cc1ccccc1-c1nc2c(c[n+]1C)Cc1c(CC(C)C)cccc1-2. The van der Waals surface area contributed by atoms with Gasteiger partial charge in [-0.15, -0.1) is 0 Å². The Morgan fingerprint density at radius 3 is 2.56 bits per heavy atom. The summed E-state index contributed by atoms with van der Waals surface area (Å²) in [5.74, 6) is 1.71. The molecule has 1 aromatic heterocycles. The molecular weight excluding hydrogens is 304 g/mol. The van der Waals surface area contributed by atoms with Crippen LogP contribution < -0.4 is 4.57 Å². The van der Waals surface area contributed by atoms with Crippen LogP contribution in [0.5, 0.6) is 0 Å². The lowest BCUT2D eigenvalue weighted by atomic mass is 9.95. The van der Waals surface area contributed by atoms with Gasteiger partial charge in [0.05, 0.1) is 18.8 Å². The van der Waals surface area contributed by atoms with E-state index in [1.165, 1.54) is 33.4 Å². The molecule has 0 unspecified atom stereocenters. The second-order valence-corrected chi connectivity index (χ2v) is 7.58. The largest absolute Gasteiger partial charge is 0.331 e. The Bertz CT molecular complexity index is 954. The molecule has 4 rings (SSSR count). The van der Waals surface area contributed by atoms with Gasteiger partial charge >= 0.3 is 5.82 Å². The summed E-state index contributed by atoms with van der Waals surface area (Å²) in [6.07, 6.45) is 4.40. The van der Waals surface area contributed by atoms with E-state index in [4.69, 9.17) is 4.98 Å². The van der Waals surface area contributed by atoms with Crippen LogP contribution in [0, 0.1) is 12.8 Å². The summed E-state index contributed by atoms with van der Waals surface area (Å²) in [6, 6.07) is 15.2. The van der Waals surface area contributed by atoms with E-state index < -0.39 is 0 Å². The zero-order valence-corrected chi connectivity index (χ0v) is 15.5. The van der Waals surface area contributed by atoms with E-state index in [0.29, 0.717) is 5.92 Å². The van der Waals surface area contributed by atoms with Gasteiger partial charge in [0.2, 0.25) is 0 Å². The maximum Gasteiger partial charge on any atom is 0.331 e. The van der Waals surface area contributed by atoms with E-state index in [-0.39, 0.29) is 0 Å². The smallest absolute Gasteiger partial charge is 0.233 e. The average molecular weight is 329 g/mol. The van der Waals surface area contributed by atoms with Gasteiger partial charge < -0.3 is 0 Å². The summed E-state index contributed by atoms with van der Waals surface area (Å²) in [5, 5.41) is 0. The van der Waals surface area contributed by atoms with Crippen molar-refractivity contribution in [2.45, 2.75) is 33.6 Å². The summed E-state index contributed by atoms with van der Waals surface area (Å²) in [6.45, 7) is 6.73. The van der Waals surface area contributed by atoms with Crippen LogP contribution in [0.3, 0.4) is 0 Å². The van der Waals surface area contributed by atoms with Crippen LogP contribution in [-0.2, 0) is 19.9 Å². The molecule has 25 heavy (non-hydrogen) atoms. The first-order chi connectivity index (χ1) is 12.0. The molecule has 1 aliphatic rings. The minimum atomic E-state index is 0.668. The van der Waals surface area contributed by atoms with Crippen LogP contribution in [0.4, 0.5) is 0 Å². The van der Waals surface area contributed by atoms with E-state index >= 15 is 0 Å². The topological polar surface area (TPSA) is 16.8 Å². The number of aryl methyl sites for hydroxylation is 2. The van der Waals surface area contributed by atoms with Crippen LogP contribution in [0.15, 0.2) is 48.7 Å². The highest BCUT2D eigenvalue weighted by Crippen LogP contribution is 2.38. The van der Waals surface area contributed by atoms with E-state index in [9.17, 15) is 0 Å². The first-order valence-electron chi connectivity index (χ1n) is 9.11. The Morgan fingerprint density at radius 2 is 1.80 bits per heavy atom. The van der Waals surface area contributed by atoms with Crippen molar-refractivity contribution < 1.29 is 4.57 Å². The minimum Gasteiger partial charge on any atom is -0.233 e. The molecule has 0 aliphatic heterocycles. The Morgan fingerprint density at radius 1 is 1.04 bits per heavy atom. The zero-order valence-electron chi connectivity index (χ0n) is 15.5. The first-order valence-corrected chi connectivity index (χ1v) is 9.11. The van der Waals surface area contributed by atoms with Crippen LogP contribution in [0.2, 0.25) is 0 Å². The average Bonchev–Trinajstić information content (AvgIpc) is 2.93. The Balaban J connectivity index is 1.87. The van der Waals surface area contributed by atoms with E-state index in [1.807, 2.05) is 0 Å². The van der Waals surface area contributed by atoms with E-state index in [1.54, 1.807) is 0 Å². The van der Waals surface area contributed by atoms with Crippen LogP contribution >= 0.6 is 0 Å². The van der Waals surface area contributed by atoms with Gasteiger partial charge in [0.1, 0.15) is 0 Å². The summed E-state index contributed by atoms with van der Waals surface area (Å²) in [5.41, 5.74) is 9.25. The van der Waals surface area contributed by atoms with Gasteiger partial charge in [-0.3, -0.25) is 0 Å². The molecular formula is C23H25N2+. The molecule has 0 fully saturated rings. The standard InChI is InChI=1S/C23H25N2/c1-15(2)12-17-9-7-11-20-21(17)13-18-14-25(4)23(24-22(18)20)19-10-6-5-8-16(19)3/h5-11,14-15H,12-13H2,1-4H3/q+1. The van der Waals surface area contributed by atoms with Crippen molar-refractivity contribution in [1.29, 1.82) is 0 Å². The lowest BCUT2D eigenvalue weighted by molar-refractivity contribution is -0.663. The second-order valence-electron chi connectivity index (χ2n) is 7.58. The zero-order chi connectivity index (χ0) is 17.6. The third kappa shape index (κ3) is 2.76. The number of rotatable bonds is 3. The van der Waals surface area contributed by atoms with Crippen LogP contribution in [-0.4, -0.2) is 4.98 Å². The van der Waals surface area contributed by atoms with Gasteiger partial charge in [-0.25, -0.2) is 4.57 Å². The van der Waals surface area contributed by atoms with Gasteiger partial charge in [0, 0.05) is 17.5 Å². The lowest BCUT2D eigenvalue weighted by Gasteiger charge is -2.09. The first kappa shape index (κ1) is 16.0. The fourth-order valence-corrected chi connectivity index (χ4v) is 3.94. The van der Waals surface area contributed by atoms with E-state index in [2.05, 4.69) is 81.0 Å². The molecule has 1 heterocycles. The van der Waals surface area contributed by atoms with Gasteiger partial charge in [-0.1, -0.05) is 50.2 Å². The molecule has 1 aliphatic carbocycles. The van der Waals surface area contributed by atoms with Gasteiger partial charge in [-0.05, 0) is 47.0 Å². The number of fused-ring (bicyclic) bond motifs is 3. The van der Waals surface area contributed by atoms with E-state index in [0.717, 1.165) is 24.4 Å².